The molecule has 9 heteroatoms. The molecule has 1 aliphatic heterocycles. The SMILES string of the molecule is O=C(NCCCC(=O)N1CCC[C@H](C(=O)Nc2ccc(Br)cn2)C1)c1ccco1. The molecule has 154 valence electrons. The fourth-order valence-corrected chi connectivity index (χ4v) is 3.42. The van der Waals surface area contributed by atoms with E-state index in [9.17, 15) is 14.4 Å². The summed E-state index contributed by atoms with van der Waals surface area (Å²) in [6.45, 7) is 1.44. The molecule has 0 saturated carbocycles. The molecule has 3 rings (SSSR count). The third-order valence-electron chi connectivity index (χ3n) is 4.72. The normalized spacial score (nSPS) is 16.3. The molecule has 1 atom stereocenters. The van der Waals surface area contributed by atoms with Gasteiger partial charge in [0, 0.05) is 36.7 Å². The van der Waals surface area contributed by atoms with Gasteiger partial charge in [0.2, 0.25) is 11.8 Å². The predicted octanol–water partition coefficient (Wildman–Crippen LogP) is 2.82. The summed E-state index contributed by atoms with van der Waals surface area (Å²) in [5.74, 6) is 0.0745. The Bertz CT molecular complexity index is 839. The molecular formula is C20H23BrN4O4. The highest BCUT2D eigenvalue weighted by molar-refractivity contribution is 9.10. The number of anilines is 1. The maximum atomic E-state index is 12.5. The minimum Gasteiger partial charge on any atom is -0.459 e. The van der Waals surface area contributed by atoms with Crippen molar-refractivity contribution in [3.8, 4) is 0 Å². The molecule has 1 fully saturated rings. The third-order valence-corrected chi connectivity index (χ3v) is 5.19. The summed E-state index contributed by atoms with van der Waals surface area (Å²) in [4.78, 5) is 42.7. The predicted molar refractivity (Wildman–Crippen MR) is 110 cm³/mol. The zero-order valence-corrected chi connectivity index (χ0v) is 17.5. The van der Waals surface area contributed by atoms with Crippen LogP contribution in [0.25, 0.3) is 0 Å². The zero-order chi connectivity index (χ0) is 20.6. The van der Waals surface area contributed by atoms with Crippen LogP contribution in [-0.4, -0.2) is 47.2 Å². The maximum absolute atomic E-state index is 12.5. The molecule has 0 aliphatic carbocycles. The molecule has 2 aromatic heterocycles. The van der Waals surface area contributed by atoms with E-state index in [4.69, 9.17) is 4.42 Å². The monoisotopic (exact) mass is 462 g/mol. The van der Waals surface area contributed by atoms with Crippen LogP contribution in [0.15, 0.2) is 45.6 Å². The van der Waals surface area contributed by atoms with E-state index >= 15 is 0 Å². The zero-order valence-electron chi connectivity index (χ0n) is 15.9. The van der Waals surface area contributed by atoms with Gasteiger partial charge >= 0.3 is 0 Å². The standard InChI is InChI=1S/C20H23BrN4O4/c21-15-7-8-17(23-12-15)24-19(27)14-4-2-10-25(13-14)18(26)6-1-9-22-20(28)16-5-3-11-29-16/h3,5,7-8,11-12,14H,1-2,4,6,9-10,13H2,(H,22,28)(H,23,24,27)/t14-/m0/s1. The molecule has 0 radical (unpaired) electrons. The molecule has 3 heterocycles. The Morgan fingerprint density at radius 1 is 1.28 bits per heavy atom. The van der Waals surface area contributed by atoms with E-state index in [1.807, 2.05) is 6.07 Å². The van der Waals surface area contributed by atoms with Crippen LogP contribution in [-0.2, 0) is 9.59 Å². The van der Waals surface area contributed by atoms with Gasteiger partial charge in [0.15, 0.2) is 5.76 Å². The highest BCUT2D eigenvalue weighted by Gasteiger charge is 2.28. The number of halogens is 1. The highest BCUT2D eigenvalue weighted by atomic mass is 79.9. The van der Waals surface area contributed by atoms with Crippen molar-refractivity contribution in [1.29, 1.82) is 0 Å². The van der Waals surface area contributed by atoms with E-state index in [2.05, 4.69) is 31.5 Å². The Morgan fingerprint density at radius 3 is 2.86 bits per heavy atom. The summed E-state index contributed by atoms with van der Waals surface area (Å²) in [5, 5.41) is 5.53. The average molecular weight is 463 g/mol. The number of hydrogen-bond donors (Lipinski definition) is 2. The van der Waals surface area contributed by atoms with Gasteiger partial charge < -0.3 is 20.0 Å². The molecular weight excluding hydrogens is 440 g/mol. The van der Waals surface area contributed by atoms with Crippen LogP contribution in [0.3, 0.4) is 0 Å². The molecule has 2 aromatic rings. The number of nitrogens with zero attached hydrogens (tertiary/aromatic N) is 2. The summed E-state index contributed by atoms with van der Waals surface area (Å²) in [5.41, 5.74) is 0. The van der Waals surface area contributed by atoms with Crippen molar-refractivity contribution < 1.29 is 18.8 Å². The van der Waals surface area contributed by atoms with Crippen molar-refractivity contribution in [3.63, 3.8) is 0 Å². The summed E-state index contributed by atoms with van der Waals surface area (Å²) in [6, 6.07) is 6.77. The number of pyridine rings is 1. The second-order valence-electron chi connectivity index (χ2n) is 6.87. The first kappa shape index (κ1) is 21.0. The Balaban J connectivity index is 1.41. The van der Waals surface area contributed by atoms with E-state index in [0.29, 0.717) is 38.3 Å². The number of hydrogen-bond acceptors (Lipinski definition) is 5. The number of piperidine rings is 1. The minimum absolute atomic E-state index is 0.00323. The number of likely N-dealkylation sites (tertiary alicyclic amines) is 1. The van der Waals surface area contributed by atoms with E-state index in [1.54, 1.807) is 29.3 Å². The quantitative estimate of drug-likeness (QED) is 0.615. The Hall–Kier alpha value is -2.68. The number of rotatable bonds is 7. The number of carbonyl (C=O) groups is 3. The largest absolute Gasteiger partial charge is 0.459 e. The van der Waals surface area contributed by atoms with Gasteiger partial charge in [-0.2, -0.15) is 0 Å². The van der Waals surface area contributed by atoms with Crippen LogP contribution in [0.5, 0.6) is 0 Å². The first-order valence-electron chi connectivity index (χ1n) is 9.55. The van der Waals surface area contributed by atoms with Gasteiger partial charge in [0.25, 0.3) is 5.91 Å². The molecule has 0 aromatic carbocycles. The van der Waals surface area contributed by atoms with Crippen LogP contribution >= 0.6 is 15.9 Å². The summed E-state index contributed by atoms with van der Waals surface area (Å²) in [6.07, 6.45) is 5.44. The number of carbonyl (C=O) groups excluding carboxylic acids is 3. The third kappa shape index (κ3) is 6.15. The van der Waals surface area contributed by atoms with E-state index < -0.39 is 0 Å². The average Bonchev–Trinajstić information content (AvgIpc) is 3.27. The van der Waals surface area contributed by atoms with Gasteiger partial charge in [0.05, 0.1) is 12.2 Å². The second-order valence-corrected chi connectivity index (χ2v) is 7.78. The maximum Gasteiger partial charge on any atom is 0.286 e. The summed E-state index contributed by atoms with van der Waals surface area (Å²) < 4.78 is 5.86. The Kier molecular flexibility index (Phi) is 7.40. The van der Waals surface area contributed by atoms with Crippen molar-refractivity contribution in [3.05, 3.63) is 47.0 Å². The lowest BCUT2D eigenvalue weighted by Crippen LogP contribution is -2.44. The minimum atomic E-state index is -0.293. The van der Waals surface area contributed by atoms with Crippen molar-refractivity contribution in [2.24, 2.45) is 5.92 Å². The lowest BCUT2D eigenvalue weighted by Gasteiger charge is -2.32. The number of furan rings is 1. The molecule has 0 spiro atoms. The topological polar surface area (TPSA) is 105 Å². The lowest BCUT2D eigenvalue weighted by molar-refractivity contribution is -0.134. The number of nitrogens with one attached hydrogen (secondary N) is 2. The van der Waals surface area contributed by atoms with Crippen LogP contribution in [0, 0.1) is 5.92 Å². The summed E-state index contributed by atoms with van der Waals surface area (Å²) in [7, 11) is 0. The van der Waals surface area contributed by atoms with Gasteiger partial charge in [-0.25, -0.2) is 4.98 Å². The van der Waals surface area contributed by atoms with Gasteiger partial charge in [-0.3, -0.25) is 14.4 Å². The van der Waals surface area contributed by atoms with Crippen molar-refractivity contribution >= 4 is 39.5 Å². The van der Waals surface area contributed by atoms with Crippen LogP contribution < -0.4 is 10.6 Å². The van der Waals surface area contributed by atoms with Crippen molar-refractivity contribution in [1.82, 2.24) is 15.2 Å². The Morgan fingerprint density at radius 2 is 2.14 bits per heavy atom. The van der Waals surface area contributed by atoms with Crippen LogP contribution in [0.2, 0.25) is 0 Å². The molecule has 2 N–H and O–H groups in total. The smallest absolute Gasteiger partial charge is 0.286 e. The first-order chi connectivity index (χ1) is 14.0. The first-order valence-corrected chi connectivity index (χ1v) is 10.3. The van der Waals surface area contributed by atoms with Crippen molar-refractivity contribution in [2.75, 3.05) is 25.0 Å². The van der Waals surface area contributed by atoms with Gasteiger partial charge in [0.1, 0.15) is 5.82 Å². The van der Waals surface area contributed by atoms with Crippen molar-refractivity contribution in [2.45, 2.75) is 25.7 Å². The Labute approximate surface area is 177 Å². The van der Waals surface area contributed by atoms with E-state index in [-0.39, 0.29) is 29.4 Å². The summed E-state index contributed by atoms with van der Waals surface area (Å²) >= 11 is 3.31. The van der Waals surface area contributed by atoms with Gasteiger partial charge in [-0.15, -0.1) is 0 Å². The van der Waals surface area contributed by atoms with E-state index in [0.717, 1.165) is 17.3 Å². The fraction of sp³-hybridized carbons (Fsp3) is 0.400. The van der Waals surface area contributed by atoms with Gasteiger partial charge in [-0.05, 0) is 59.5 Å². The number of aromatic nitrogens is 1. The molecule has 0 unspecified atom stereocenters. The van der Waals surface area contributed by atoms with E-state index in [1.165, 1.54) is 6.26 Å². The van der Waals surface area contributed by atoms with Crippen LogP contribution in [0.1, 0.15) is 36.2 Å². The number of amides is 3. The van der Waals surface area contributed by atoms with Crippen LogP contribution in [0.4, 0.5) is 5.82 Å². The molecule has 3 amide bonds. The lowest BCUT2D eigenvalue weighted by atomic mass is 9.96. The molecule has 29 heavy (non-hydrogen) atoms. The molecule has 1 aliphatic rings. The molecule has 8 nitrogen and oxygen atoms in total. The molecule has 0 bridgehead atoms. The highest BCUT2D eigenvalue weighted by Crippen LogP contribution is 2.20. The molecule has 1 saturated heterocycles. The van der Waals surface area contributed by atoms with Gasteiger partial charge in [-0.1, -0.05) is 0 Å². The second kappa shape index (κ2) is 10.2. The fourth-order valence-electron chi connectivity index (χ4n) is 3.19.